The zero-order valence-corrected chi connectivity index (χ0v) is 13.5. The molecule has 1 rings (SSSR count). The number of carbonyl (C=O) groups is 3. The molecule has 0 heterocycles. The molecular weight excluding hydrogens is 298 g/mol. The first-order chi connectivity index (χ1) is 11.0. The molecule has 126 valence electrons. The lowest BCUT2D eigenvalue weighted by Crippen LogP contribution is -2.32. The van der Waals surface area contributed by atoms with Crippen LogP contribution >= 0.6 is 0 Å². The van der Waals surface area contributed by atoms with Crippen molar-refractivity contribution >= 4 is 23.5 Å². The molecular formula is C17H22NO5-. The van der Waals surface area contributed by atoms with Crippen LogP contribution in [-0.4, -0.2) is 25.0 Å². The van der Waals surface area contributed by atoms with E-state index in [2.05, 4.69) is 10.1 Å². The number of carbonyl (C=O) groups excluding carboxylic acids is 3. The van der Waals surface area contributed by atoms with Crippen molar-refractivity contribution in [2.75, 3.05) is 12.4 Å². The van der Waals surface area contributed by atoms with Crippen molar-refractivity contribution in [3.63, 3.8) is 0 Å². The Morgan fingerprint density at radius 3 is 2.35 bits per heavy atom. The number of benzene rings is 1. The third-order valence-electron chi connectivity index (χ3n) is 3.55. The Morgan fingerprint density at radius 1 is 1.17 bits per heavy atom. The van der Waals surface area contributed by atoms with Gasteiger partial charge in [-0.1, -0.05) is 19.8 Å². The lowest BCUT2D eigenvalue weighted by molar-refractivity contribution is -0.312. The summed E-state index contributed by atoms with van der Waals surface area (Å²) in [6, 6.07) is 6.29. The van der Waals surface area contributed by atoms with Gasteiger partial charge < -0.3 is 20.0 Å². The van der Waals surface area contributed by atoms with Gasteiger partial charge in [0.05, 0.1) is 12.7 Å². The maximum atomic E-state index is 11.9. The van der Waals surface area contributed by atoms with Crippen molar-refractivity contribution in [1.29, 1.82) is 0 Å². The summed E-state index contributed by atoms with van der Waals surface area (Å²) in [7, 11) is 1.30. The van der Waals surface area contributed by atoms with E-state index in [1.165, 1.54) is 7.11 Å². The maximum absolute atomic E-state index is 11.9. The zero-order chi connectivity index (χ0) is 17.2. The minimum atomic E-state index is -1.10. The number of nitrogens with one attached hydrogen (secondary N) is 1. The van der Waals surface area contributed by atoms with Gasteiger partial charge >= 0.3 is 5.97 Å². The van der Waals surface area contributed by atoms with Gasteiger partial charge in [0.25, 0.3) is 0 Å². The van der Waals surface area contributed by atoms with E-state index >= 15 is 0 Å². The van der Waals surface area contributed by atoms with Gasteiger partial charge in [0.1, 0.15) is 0 Å². The maximum Gasteiger partial charge on any atom is 0.337 e. The van der Waals surface area contributed by atoms with Crippen molar-refractivity contribution in [3.8, 4) is 0 Å². The van der Waals surface area contributed by atoms with Gasteiger partial charge in [-0.25, -0.2) is 4.79 Å². The SMILES string of the molecule is CCCC[C@@H](CCC(=O)Nc1ccc(C(=O)OC)cc1)C(=O)[O-]. The molecule has 1 aromatic carbocycles. The largest absolute Gasteiger partial charge is 0.550 e. The third kappa shape index (κ3) is 6.50. The van der Waals surface area contributed by atoms with Crippen LogP contribution in [0.15, 0.2) is 24.3 Å². The number of aliphatic carboxylic acids is 1. The predicted molar refractivity (Wildman–Crippen MR) is 83.7 cm³/mol. The predicted octanol–water partition coefficient (Wildman–Crippen LogP) is 1.75. The third-order valence-corrected chi connectivity index (χ3v) is 3.55. The Labute approximate surface area is 135 Å². The number of carboxylic acid groups (broad SMARTS) is 1. The van der Waals surface area contributed by atoms with E-state index in [0.717, 1.165) is 12.8 Å². The average Bonchev–Trinajstić information content (AvgIpc) is 2.54. The van der Waals surface area contributed by atoms with Crippen molar-refractivity contribution < 1.29 is 24.2 Å². The Kier molecular flexibility index (Phi) is 7.80. The number of anilines is 1. The zero-order valence-electron chi connectivity index (χ0n) is 13.5. The van der Waals surface area contributed by atoms with E-state index in [9.17, 15) is 19.5 Å². The van der Waals surface area contributed by atoms with Gasteiger partial charge in [0.15, 0.2) is 0 Å². The number of methoxy groups -OCH3 is 1. The highest BCUT2D eigenvalue weighted by Crippen LogP contribution is 2.16. The van der Waals surface area contributed by atoms with Crippen LogP contribution in [-0.2, 0) is 14.3 Å². The first kappa shape index (κ1) is 18.7. The number of carboxylic acids is 1. The molecule has 0 spiro atoms. The van der Waals surface area contributed by atoms with E-state index in [4.69, 9.17) is 0 Å². The fourth-order valence-electron chi connectivity index (χ4n) is 2.17. The molecule has 1 aromatic rings. The highest BCUT2D eigenvalue weighted by atomic mass is 16.5. The van der Waals surface area contributed by atoms with Gasteiger partial charge in [-0.3, -0.25) is 4.79 Å². The summed E-state index contributed by atoms with van der Waals surface area (Å²) in [5.41, 5.74) is 0.934. The normalized spacial score (nSPS) is 11.6. The number of unbranched alkanes of at least 4 members (excludes halogenated alkanes) is 1. The van der Waals surface area contributed by atoms with Crippen LogP contribution in [0.25, 0.3) is 0 Å². The Hall–Kier alpha value is -2.37. The second kappa shape index (κ2) is 9.61. The van der Waals surface area contributed by atoms with Crippen LogP contribution in [0, 0.1) is 5.92 Å². The lowest BCUT2D eigenvalue weighted by atomic mass is 9.97. The molecule has 0 saturated heterocycles. The number of hydrogen-bond donors (Lipinski definition) is 1. The number of rotatable bonds is 9. The minimum absolute atomic E-state index is 0.112. The number of hydrogen-bond acceptors (Lipinski definition) is 5. The highest BCUT2D eigenvalue weighted by Gasteiger charge is 2.12. The summed E-state index contributed by atoms with van der Waals surface area (Å²) in [6.45, 7) is 1.98. The van der Waals surface area contributed by atoms with Crippen molar-refractivity contribution in [2.45, 2.75) is 39.0 Å². The molecule has 0 aromatic heterocycles. The Balaban J connectivity index is 2.49. The second-order valence-electron chi connectivity index (χ2n) is 5.31. The van der Waals surface area contributed by atoms with Gasteiger partial charge in [-0.2, -0.15) is 0 Å². The molecule has 0 radical (unpaired) electrons. The van der Waals surface area contributed by atoms with Crippen molar-refractivity contribution in [2.24, 2.45) is 5.92 Å². The topological polar surface area (TPSA) is 95.5 Å². The van der Waals surface area contributed by atoms with E-state index in [-0.39, 0.29) is 18.7 Å². The summed E-state index contributed by atoms with van der Waals surface area (Å²) in [5.74, 6) is -2.41. The van der Waals surface area contributed by atoms with Crippen molar-refractivity contribution in [1.82, 2.24) is 0 Å². The van der Waals surface area contributed by atoms with E-state index < -0.39 is 17.9 Å². The summed E-state index contributed by atoms with van der Waals surface area (Å²) in [4.78, 5) is 34.2. The molecule has 0 fully saturated rings. The molecule has 0 aliphatic carbocycles. The van der Waals surface area contributed by atoms with Crippen LogP contribution in [0.5, 0.6) is 0 Å². The van der Waals surface area contributed by atoms with Crippen LogP contribution in [0.4, 0.5) is 5.69 Å². The molecule has 0 bridgehead atoms. The quantitative estimate of drug-likeness (QED) is 0.699. The average molecular weight is 320 g/mol. The monoisotopic (exact) mass is 320 g/mol. The van der Waals surface area contributed by atoms with Gasteiger partial charge in [-0.15, -0.1) is 0 Å². The molecule has 0 saturated carbocycles. The molecule has 1 amide bonds. The Morgan fingerprint density at radius 2 is 1.83 bits per heavy atom. The summed E-state index contributed by atoms with van der Waals surface area (Å²) < 4.78 is 4.59. The molecule has 0 aliphatic rings. The fraction of sp³-hybridized carbons (Fsp3) is 0.471. The van der Waals surface area contributed by atoms with Gasteiger partial charge in [-0.05, 0) is 43.0 Å². The number of ether oxygens (including phenoxy) is 1. The summed E-state index contributed by atoms with van der Waals surface area (Å²) in [5, 5.41) is 13.7. The van der Waals surface area contributed by atoms with E-state index in [0.29, 0.717) is 17.7 Å². The van der Waals surface area contributed by atoms with Crippen LogP contribution in [0.3, 0.4) is 0 Å². The molecule has 1 atom stereocenters. The second-order valence-corrected chi connectivity index (χ2v) is 5.31. The molecule has 1 N–H and O–H groups in total. The fourth-order valence-corrected chi connectivity index (χ4v) is 2.17. The molecule has 6 nitrogen and oxygen atoms in total. The molecule has 0 aliphatic heterocycles. The van der Waals surface area contributed by atoms with Gasteiger partial charge in [0, 0.05) is 18.1 Å². The summed E-state index contributed by atoms with van der Waals surface area (Å²) >= 11 is 0. The first-order valence-corrected chi connectivity index (χ1v) is 7.67. The van der Waals surface area contributed by atoms with Crippen LogP contribution < -0.4 is 10.4 Å². The summed E-state index contributed by atoms with van der Waals surface area (Å²) in [6.07, 6.45) is 2.60. The van der Waals surface area contributed by atoms with E-state index in [1.807, 2.05) is 6.92 Å². The van der Waals surface area contributed by atoms with E-state index in [1.54, 1.807) is 24.3 Å². The highest BCUT2D eigenvalue weighted by molar-refractivity contribution is 5.93. The number of esters is 1. The van der Waals surface area contributed by atoms with Gasteiger partial charge in [0.2, 0.25) is 5.91 Å². The molecule has 23 heavy (non-hydrogen) atoms. The lowest BCUT2D eigenvalue weighted by Gasteiger charge is -2.17. The molecule has 0 unspecified atom stereocenters. The van der Waals surface area contributed by atoms with Crippen molar-refractivity contribution in [3.05, 3.63) is 29.8 Å². The minimum Gasteiger partial charge on any atom is -0.550 e. The number of amides is 1. The first-order valence-electron chi connectivity index (χ1n) is 7.67. The Bertz CT molecular complexity index is 538. The standard InChI is InChI=1S/C17H23NO5/c1-3-4-5-12(16(20)21)8-11-15(19)18-14-9-6-13(7-10-14)17(22)23-2/h6-7,9-10,12H,3-5,8,11H2,1-2H3,(H,18,19)(H,20,21)/p-1/t12-/m0/s1. The van der Waals surface area contributed by atoms with Crippen LogP contribution in [0.2, 0.25) is 0 Å². The molecule has 6 heteroatoms. The smallest absolute Gasteiger partial charge is 0.337 e. The van der Waals surface area contributed by atoms with Crippen LogP contribution in [0.1, 0.15) is 49.4 Å².